The summed E-state index contributed by atoms with van der Waals surface area (Å²) >= 11 is 0. The minimum atomic E-state index is -3.59. The smallest absolute Gasteiger partial charge is 0.243 e. The molecule has 0 spiro atoms. The van der Waals surface area contributed by atoms with Crippen LogP contribution in [-0.2, 0) is 19.6 Å². The summed E-state index contributed by atoms with van der Waals surface area (Å²) in [6, 6.07) is 10.6. The molecule has 8 nitrogen and oxygen atoms in total. The van der Waals surface area contributed by atoms with Gasteiger partial charge in [0.25, 0.3) is 0 Å². The van der Waals surface area contributed by atoms with Crippen LogP contribution in [0, 0.1) is 18.7 Å². The quantitative estimate of drug-likeness (QED) is 0.675. The Balaban J connectivity index is 1.38. The SMILES string of the molecule is CCN1CCN(S(=O)(=O)c2ccc(NC(=O)C3CC(=O)N(c4ccc(C)c(F)c4)C3)cc2)CC1. The topological polar surface area (TPSA) is 90.0 Å². The van der Waals surface area contributed by atoms with Crippen LogP contribution in [0.15, 0.2) is 47.4 Å². The van der Waals surface area contributed by atoms with Gasteiger partial charge in [-0.2, -0.15) is 4.31 Å². The molecule has 4 rings (SSSR count). The van der Waals surface area contributed by atoms with Gasteiger partial charge >= 0.3 is 0 Å². The van der Waals surface area contributed by atoms with Gasteiger partial charge in [-0.15, -0.1) is 0 Å². The van der Waals surface area contributed by atoms with Gasteiger partial charge < -0.3 is 15.1 Å². The van der Waals surface area contributed by atoms with Crippen LogP contribution >= 0.6 is 0 Å². The predicted molar refractivity (Wildman–Crippen MR) is 128 cm³/mol. The lowest BCUT2D eigenvalue weighted by Crippen LogP contribution is -2.48. The summed E-state index contributed by atoms with van der Waals surface area (Å²) in [5.41, 5.74) is 1.36. The van der Waals surface area contributed by atoms with Gasteiger partial charge in [0, 0.05) is 50.5 Å². The number of amides is 2. The molecule has 2 heterocycles. The number of aryl methyl sites for hydroxylation is 1. The molecule has 1 atom stereocenters. The number of hydrogen-bond donors (Lipinski definition) is 1. The Bertz CT molecular complexity index is 1180. The molecule has 2 aromatic carbocycles. The number of carbonyl (C=O) groups is 2. The maximum absolute atomic E-state index is 13.9. The number of hydrogen-bond acceptors (Lipinski definition) is 5. The van der Waals surface area contributed by atoms with Gasteiger partial charge in [0.1, 0.15) is 5.82 Å². The first-order chi connectivity index (χ1) is 16.2. The van der Waals surface area contributed by atoms with E-state index in [-0.39, 0.29) is 29.7 Å². The predicted octanol–water partition coefficient (Wildman–Crippen LogP) is 2.45. The second-order valence-electron chi connectivity index (χ2n) is 8.69. The van der Waals surface area contributed by atoms with Crippen molar-refractivity contribution in [3.8, 4) is 0 Å². The van der Waals surface area contributed by atoms with E-state index in [1.54, 1.807) is 31.2 Å². The van der Waals surface area contributed by atoms with Gasteiger partial charge in [0.2, 0.25) is 21.8 Å². The molecular formula is C24H29FN4O4S. The first kappa shape index (κ1) is 24.3. The Morgan fingerprint density at radius 2 is 1.76 bits per heavy atom. The van der Waals surface area contributed by atoms with Gasteiger partial charge in [-0.05, 0) is 55.4 Å². The molecule has 1 N–H and O–H groups in total. The van der Waals surface area contributed by atoms with E-state index >= 15 is 0 Å². The summed E-state index contributed by atoms with van der Waals surface area (Å²) in [4.78, 5) is 29.0. The number of nitrogens with zero attached hydrogens (tertiary/aromatic N) is 3. The molecule has 2 aliphatic rings. The average molecular weight is 489 g/mol. The van der Waals surface area contributed by atoms with E-state index in [1.165, 1.54) is 27.4 Å². The summed E-state index contributed by atoms with van der Waals surface area (Å²) in [7, 11) is -3.59. The molecule has 1 unspecified atom stereocenters. The van der Waals surface area contributed by atoms with E-state index in [0.29, 0.717) is 43.1 Å². The zero-order valence-corrected chi connectivity index (χ0v) is 20.1. The first-order valence-corrected chi connectivity index (χ1v) is 12.8. The summed E-state index contributed by atoms with van der Waals surface area (Å²) in [5.74, 6) is -1.57. The van der Waals surface area contributed by atoms with Crippen LogP contribution in [0.5, 0.6) is 0 Å². The fourth-order valence-corrected chi connectivity index (χ4v) is 5.69. The van der Waals surface area contributed by atoms with Crippen molar-refractivity contribution >= 4 is 33.2 Å². The van der Waals surface area contributed by atoms with E-state index in [4.69, 9.17) is 0 Å². The molecule has 182 valence electrons. The van der Waals surface area contributed by atoms with Crippen molar-refractivity contribution in [2.45, 2.75) is 25.2 Å². The number of halogens is 1. The third-order valence-corrected chi connectivity index (χ3v) is 8.41. The standard InChI is InChI=1S/C24H29FN4O4S/c1-3-27-10-12-28(13-11-27)34(32,33)21-8-5-19(6-9-21)26-24(31)18-14-23(30)29(16-18)20-7-4-17(2)22(25)15-20/h4-9,15,18H,3,10-14,16H2,1-2H3,(H,26,31). The first-order valence-electron chi connectivity index (χ1n) is 11.4. The molecule has 2 aliphatic heterocycles. The molecule has 0 aliphatic carbocycles. The lowest BCUT2D eigenvalue weighted by atomic mass is 10.1. The number of carbonyl (C=O) groups excluding carboxylic acids is 2. The van der Waals surface area contributed by atoms with Crippen molar-refractivity contribution in [3.05, 3.63) is 53.8 Å². The molecule has 34 heavy (non-hydrogen) atoms. The lowest BCUT2D eigenvalue weighted by Gasteiger charge is -2.33. The Kier molecular flexibility index (Phi) is 7.01. The molecule has 2 saturated heterocycles. The average Bonchev–Trinajstić information content (AvgIpc) is 3.23. The number of rotatable bonds is 6. The number of benzene rings is 2. The van der Waals surface area contributed by atoms with Crippen LogP contribution in [0.4, 0.5) is 15.8 Å². The van der Waals surface area contributed by atoms with Crippen molar-refractivity contribution in [1.29, 1.82) is 0 Å². The highest BCUT2D eigenvalue weighted by molar-refractivity contribution is 7.89. The van der Waals surface area contributed by atoms with Crippen LogP contribution in [0.25, 0.3) is 0 Å². The molecule has 0 aromatic heterocycles. The molecule has 0 saturated carbocycles. The second kappa shape index (κ2) is 9.81. The van der Waals surface area contributed by atoms with Crippen molar-refractivity contribution in [3.63, 3.8) is 0 Å². The van der Waals surface area contributed by atoms with Crippen LogP contribution in [-0.4, -0.2) is 68.7 Å². The molecule has 2 fully saturated rings. The van der Waals surface area contributed by atoms with Crippen LogP contribution < -0.4 is 10.2 Å². The Morgan fingerprint density at radius 3 is 2.38 bits per heavy atom. The van der Waals surface area contributed by atoms with E-state index in [9.17, 15) is 22.4 Å². The maximum atomic E-state index is 13.9. The third-order valence-electron chi connectivity index (χ3n) is 6.50. The third kappa shape index (κ3) is 4.98. The lowest BCUT2D eigenvalue weighted by molar-refractivity contribution is -0.122. The van der Waals surface area contributed by atoms with Gasteiger partial charge in [0.05, 0.1) is 10.8 Å². The monoisotopic (exact) mass is 488 g/mol. The van der Waals surface area contributed by atoms with Crippen molar-refractivity contribution < 1.29 is 22.4 Å². The van der Waals surface area contributed by atoms with Crippen LogP contribution in [0.1, 0.15) is 18.9 Å². The Hall–Kier alpha value is -2.82. The summed E-state index contributed by atoms with van der Waals surface area (Å²) in [5, 5.41) is 2.76. The van der Waals surface area contributed by atoms with Crippen molar-refractivity contribution in [2.24, 2.45) is 5.92 Å². The summed E-state index contributed by atoms with van der Waals surface area (Å²) < 4.78 is 41.2. The van der Waals surface area contributed by atoms with Crippen LogP contribution in [0.3, 0.4) is 0 Å². The summed E-state index contributed by atoms with van der Waals surface area (Å²) in [6.45, 7) is 7.06. The van der Waals surface area contributed by atoms with Gasteiger partial charge in [0.15, 0.2) is 0 Å². The Morgan fingerprint density at radius 1 is 1.09 bits per heavy atom. The van der Waals surface area contributed by atoms with E-state index < -0.39 is 21.8 Å². The number of piperazine rings is 1. The van der Waals surface area contributed by atoms with Crippen LogP contribution in [0.2, 0.25) is 0 Å². The van der Waals surface area contributed by atoms with E-state index in [2.05, 4.69) is 17.1 Å². The molecule has 2 amide bonds. The molecule has 0 bridgehead atoms. The highest BCUT2D eigenvalue weighted by atomic mass is 32.2. The molecule has 0 radical (unpaired) electrons. The largest absolute Gasteiger partial charge is 0.326 e. The normalized spacial score (nSPS) is 20.0. The fraction of sp³-hybridized carbons (Fsp3) is 0.417. The number of likely N-dealkylation sites (N-methyl/N-ethyl adjacent to an activating group) is 1. The zero-order chi connectivity index (χ0) is 24.5. The Labute approximate surface area is 199 Å². The maximum Gasteiger partial charge on any atom is 0.243 e. The summed E-state index contributed by atoms with van der Waals surface area (Å²) in [6.07, 6.45) is 0.0253. The second-order valence-corrected chi connectivity index (χ2v) is 10.6. The highest BCUT2D eigenvalue weighted by Gasteiger charge is 2.35. The fourth-order valence-electron chi connectivity index (χ4n) is 4.27. The number of nitrogens with one attached hydrogen (secondary N) is 1. The highest BCUT2D eigenvalue weighted by Crippen LogP contribution is 2.28. The molecule has 10 heteroatoms. The molecular weight excluding hydrogens is 459 g/mol. The van der Waals surface area contributed by atoms with E-state index in [1.807, 2.05) is 0 Å². The molecule has 2 aromatic rings. The minimum absolute atomic E-state index is 0.0253. The minimum Gasteiger partial charge on any atom is -0.326 e. The van der Waals surface area contributed by atoms with Gasteiger partial charge in [-0.3, -0.25) is 9.59 Å². The van der Waals surface area contributed by atoms with Crippen molar-refractivity contribution in [2.75, 3.05) is 49.5 Å². The van der Waals surface area contributed by atoms with Crippen molar-refractivity contribution in [1.82, 2.24) is 9.21 Å². The number of anilines is 2. The zero-order valence-electron chi connectivity index (χ0n) is 19.3. The van der Waals surface area contributed by atoms with Gasteiger partial charge in [-0.1, -0.05) is 13.0 Å². The number of sulfonamides is 1. The van der Waals surface area contributed by atoms with E-state index in [0.717, 1.165) is 6.54 Å². The van der Waals surface area contributed by atoms with Gasteiger partial charge in [-0.25, -0.2) is 12.8 Å².